The second-order valence-corrected chi connectivity index (χ2v) is 5.95. The highest BCUT2D eigenvalue weighted by molar-refractivity contribution is 5.46. The molecule has 0 N–H and O–H groups in total. The Morgan fingerprint density at radius 3 is 2.38 bits per heavy atom. The van der Waals surface area contributed by atoms with Crippen molar-refractivity contribution in [2.75, 3.05) is 20.3 Å². The van der Waals surface area contributed by atoms with Crippen LogP contribution in [-0.4, -0.2) is 44.1 Å². The zero-order valence-electron chi connectivity index (χ0n) is 14.7. The summed E-state index contributed by atoms with van der Waals surface area (Å²) >= 11 is 0. The summed E-state index contributed by atoms with van der Waals surface area (Å²) in [6.45, 7) is 1.32. The Hall–Kier alpha value is -2.41. The minimum Gasteiger partial charge on any atom is -0.497 e. The van der Waals surface area contributed by atoms with Gasteiger partial charge in [-0.2, -0.15) is 0 Å². The molecule has 0 radical (unpaired) electrons. The predicted octanol–water partition coefficient (Wildman–Crippen LogP) is 2.57. The van der Waals surface area contributed by atoms with Crippen LogP contribution in [-0.2, 0) is 32.1 Å². The maximum Gasteiger partial charge on any atom is 0.233 e. The molecule has 1 aliphatic rings. The molecule has 6 heteroatoms. The third-order valence-electron chi connectivity index (χ3n) is 4.22. The van der Waals surface area contributed by atoms with Crippen LogP contribution < -0.4 is 4.74 Å². The van der Waals surface area contributed by atoms with Crippen LogP contribution in [0.2, 0.25) is 0 Å². The number of amides is 1. The van der Waals surface area contributed by atoms with Crippen molar-refractivity contribution in [2.24, 2.45) is 0 Å². The molecule has 0 saturated carbocycles. The van der Waals surface area contributed by atoms with Gasteiger partial charge in [-0.05, 0) is 23.3 Å². The summed E-state index contributed by atoms with van der Waals surface area (Å²) in [5.41, 5.74) is 2.01. The molecule has 1 heterocycles. The largest absolute Gasteiger partial charge is 0.497 e. The van der Waals surface area contributed by atoms with Crippen molar-refractivity contribution in [2.45, 2.75) is 25.4 Å². The van der Waals surface area contributed by atoms with Gasteiger partial charge in [-0.1, -0.05) is 42.5 Å². The minimum absolute atomic E-state index is 0.297. The van der Waals surface area contributed by atoms with Crippen molar-refractivity contribution in [3.63, 3.8) is 0 Å². The van der Waals surface area contributed by atoms with Gasteiger partial charge in [0, 0.05) is 6.42 Å². The second-order valence-electron chi connectivity index (χ2n) is 5.95. The SMILES string of the molecule is COc1ccc(C[C@@H](C2OCCO2)N(C=O)OCc2ccccc2)cc1. The van der Waals surface area contributed by atoms with Crippen LogP contribution in [0, 0.1) is 0 Å². The van der Waals surface area contributed by atoms with Crippen molar-refractivity contribution in [1.29, 1.82) is 0 Å². The highest BCUT2D eigenvalue weighted by Gasteiger charge is 2.32. The molecular weight excluding hydrogens is 334 g/mol. The summed E-state index contributed by atoms with van der Waals surface area (Å²) in [5.74, 6) is 0.784. The minimum atomic E-state index is -0.516. The number of hydrogen-bond donors (Lipinski definition) is 0. The van der Waals surface area contributed by atoms with Crippen LogP contribution in [0.5, 0.6) is 5.75 Å². The Bertz CT molecular complexity index is 670. The van der Waals surface area contributed by atoms with E-state index in [4.69, 9.17) is 19.0 Å². The number of carbonyl (C=O) groups excluding carboxylic acids is 1. The lowest BCUT2D eigenvalue weighted by atomic mass is 10.1. The summed E-state index contributed by atoms with van der Waals surface area (Å²) in [7, 11) is 1.63. The topological polar surface area (TPSA) is 57.2 Å². The number of carbonyl (C=O) groups is 1. The first-order chi connectivity index (χ1) is 12.8. The number of nitrogens with zero attached hydrogens (tertiary/aromatic N) is 1. The molecular formula is C20H23NO5. The maximum absolute atomic E-state index is 11.7. The van der Waals surface area contributed by atoms with E-state index >= 15 is 0 Å². The van der Waals surface area contributed by atoms with Gasteiger partial charge in [0.25, 0.3) is 0 Å². The van der Waals surface area contributed by atoms with Crippen LogP contribution in [0.3, 0.4) is 0 Å². The van der Waals surface area contributed by atoms with Gasteiger partial charge in [-0.25, -0.2) is 5.06 Å². The molecule has 3 rings (SSSR count). The van der Waals surface area contributed by atoms with E-state index in [1.807, 2.05) is 54.6 Å². The van der Waals surface area contributed by atoms with E-state index in [1.165, 1.54) is 5.06 Å². The quantitative estimate of drug-likeness (QED) is 0.510. The Morgan fingerprint density at radius 1 is 1.08 bits per heavy atom. The molecule has 1 aliphatic heterocycles. The van der Waals surface area contributed by atoms with Crippen molar-refractivity contribution >= 4 is 6.41 Å². The number of ether oxygens (including phenoxy) is 3. The highest BCUT2D eigenvalue weighted by atomic mass is 16.7. The molecule has 0 aromatic heterocycles. The molecule has 0 aliphatic carbocycles. The summed E-state index contributed by atoms with van der Waals surface area (Å²) in [5, 5.41) is 1.30. The fourth-order valence-corrected chi connectivity index (χ4v) is 2.84. The third-order valence-corrected chi connectivity index (χ3v) is 4.22. The standard InChI is InChI=1S/C20H23NO5/c1-23-18-9-7-16(8-10-18)13-19(20-24-11-12-25-20)21(15-22)26-14-17-5-3-2-4-6-17/h2-10,15,19-20H,11-14H2,1H3/t19-/m0/s1. The van der Waals surface area contributed by atoms with E-state index in [9.17, 15) is 4.79 Å². The maximum atomic E-state index is 11.7. The second kappa shape index (κ2) is 9.33. The van der Waals surface area contributed by atoms with Crippen molar-refractivity contribution in [3.05, 3.63) is 65.7 Å². The Kier molecular flexibility index (Phi) is 6.60. The zero-order valence-corrected chi connectivity index (χ0v) is 14.7. The van der Waals surface area contributed by atoms with Gasteiger partial charge in [-0.15, -0.1) is 0 Å². The predicted molar refractivity (Wildman–Crippen MR) is 95.3 cm³/mol. The van der Waals surface area contributed by atoms with Gasteiger partial charge in [-0.3, -0.25) is 9.63 Å². The Balaban J connectivity index is 1.71. The number of methoxy groups -OCH3 is 1. The molecule has 0 bridgehead atoms. The average Bonchev–Trinajstić information content (AvgIpc) is 3.23. The number of hydrogen-bond acceptors (Lipinski definition) is 5. The number of benzene rings is 2. The monoisotopic (exact) mass is 357 g/mol. The van der Waals surface area contributed by atoms with Crippen molar-refractivity contribution in [3.8, 4) is 5.75 Å². The van der Waals surface area contributed by atoms with E-state index in [0.29, 0.717) is 32.7 Å². The van der Waals surface area contributed by atoms with Crippen LogP contribution >= 0.6 is 0 Å². The lowest BCUT2D eigenvalue weighted by molar-refractivity contribution is -0.226. The fourth-order valence-electron chi connectivity index (χ4n) is 2.84. The average molecular weight is 357 g/mol. The molecule has 138 valence electrons. The molecule has 1 saturated heterocycles. The first-order valence-electron chi connectivity index (χ1n) is 8.57. The molecule has 2 aromatic carbocycles. The molecule has 0 spiro atoms. The smallest absolute Gasteiger partial charge is 0.233 e. The van der Waals surface area contributed by atoms with Crippen molar-refractivity contribution < 1.29 is 23.8 Å². The van der Waals surface area contributed by atoms with Gasteiger partial charge in [0.15, 0.2) is 6.29 Å². The van der Waals surface area contributed by atoms with E-state index in [1.54, 1.807) is 7.11 Å². The third kappa shape index (κ3) is 4.82. The van der Waals surface area contributed by atoms with E-state index in [0.717, 1.165) is 16.9 Å². The fraction of sp³-hybridized carbons (Fsp3) is 0.350. The van der Waals surface area contributed by atoms with Gasteiger partial charge < -0.3 is 14.2 Å². The Morgan fingerprint density at radius 2 is 1.77 bits per heavy atom. The highest BCUT2D eigenvalue weighted by Crippen LogP contribution is 2.21. The molecule has 2 aromatic rings. The van der Waals surface area contributed by atoms with Gasteiger partial charge in [0.2, 0.25) is 6.41 Å². The first kappa shape index (κ1) is 18.4. The summed E-state index contributed by atoms with van der Waals surface area (Å²) < 4.78 is 16.5. The molecule has 1 fully saturated rings. The van der Waals surface area contributed by atoms with E-state index < -0.39 is 6.29 Å². The van der Waals surface area contributed by atoms with Crippen LogP contribution in [0.25, 0.3) is 0 Å². The molecule has 26 heavy (non-hydrogen) atoms. The van der Waals surface area contributed by atoms with Crippen molar-refractivity contribution in [1.82, 2.24) is 5.06 Å². The summed E-state index contributed by atoms with van der Waals surface area (Å²) in [6, 6.07) is 17.0. The van der Waals surface area contributed by atoms with Crippen LogP contribution in [0.1, 0.15) is 11.1 Å². The Labute approximate surface area is 153 Å². The number of rotatable bonds is 9. The summed E-state index contributed by atoms with van der Waals surface area (Å²) in [4.78, 5) is 17.4. The van der Waals surface area contributed by atoms with Gasteiger partial charge in [0.05, 0.1) is 20.3 Å². The van der Waals surface area contributed by atoms with E-state index in [-0.39, 0.29) is 6.04 Å². The van der Waals surface area contributed by atoms with Gasteiger partial charge in [0.1, 0.15) is 18.4 Å². The number of hydroxylamine groups is 2. The van der Waals surface area contributed by atoms with E-state index in [2.05, 4.69) is 0 Å². The summed E-state index contributed by atoms with van der Waals surface area (Å²) in [6.07, 6.45) is 0.711. The normalized spacial score (nSPS) is 15.6. The molecule has 1 atom stereocenters. The molecule has 6 nitrogen and oxygen atoms in total. The molecule has 1 amide bonds. The lowest BCUT2D eigenvalue weighted by Gasteiger charge is -2.30. The zero-order chi connectivity index (χ0) is 18.2. The molecule has 0 unspecified atom stereocenters. The van der Waals surface area contributed by atoms with Crippen LogP contribution in [0.4, 0.5) is 0 Å². The lowest BCUT2D eigenvalue weighted by Crippen LogP contribution is -2.45. The van der Waals surface area contributed by atoms with Crippen LogP contribution in [0.15, 0.2) is 54.6 Å². The van der Waals surface area contributed by atoms with Gasteiger partial charge >= 0.3 is 0 Å². The first-order valence-corrected chi connectivity index (χ1v) is 8.57.